The molecule has 15 heavy (non-hydrogen) atoms. The molecular weight excluding hydrogens is 195 g/mol. The molecule has 0 bridgehead atoms. The van der Waals surface area contributed by atoms with Gasteiger partial charge in [-0.2, -0.15) is 0 Å². The summed E-state index contributed by atoms with van der Waals surface area (Å²) < 4.78 is 13.9. The summed E-state index contributed by atoms with van der Waals surface area (Å²) in [6.45, 7) is 1.60. The molecule has 1 rings (SSSR count). The van der Waals surface area contributed by atoms with Crippen molar-refractivity contribution in [2.45, 2.75) is 64.0 Å². The summed E-state index contributed by atoms with van der Waals surface area (Å²) in [5, 5.41) is 8.96. The molecule has 1 saturated carbocycles. The fourth-order valence-electron chi connectivity index (χ4n) is 2.23. The van der Waals surface area contributed by atoms with E-state index in [1.807, 2.05) is 0 Å². The highest BCUT2D eigenvalue weighted by Gasteiger charge is 2.27. The van der Waals surface area contributed by atoms with E-state index in [4.69, 9.17) is 5.11 Å². The van der Waals surface area contributed by atoms with Gasteiger partial charge in [0.05, 0.1) is 5.92 Å². The highest BCUT2D eigenvalue weighted by molar-refractivity contribution is 5.69. The van der Waals surface area contributed by atoms with Crippen LogP contribution in [0.1, 0.15) is 58.3 Å². The second kappa shape index (κ2) is 5.47. The van der Waals surface area contributed by atoms with Gasteiger partial charge in [-0.05, 0) is 32.6 Å². The Kier molecular flexibility index (Phi) is 4.55. The number of hydrogen-bond donors (Lipinski definition) is 1. The number of alkyl halides is 1. The van der Waals surface area contributed by atoms with Crippen LogP contribution < -0.4 is 0 Å². The van der Waals surface area contributed by atoms with Gasteiger partial charge in [-0.25, -0.2) is 4.39 Å². The van der Waals surface area contributed by atoms with Gasteiger partial charge in [-0.15, -0.1) is 0 Å². The van der Waals surface area contributed by atoms with Gasteiger partial charge in [0.1, 0.15) is 5.67 Å². The number of aliphatic carboxylic acids is 1. The summed E-state index contributed by atoms with van der Waals surface area (Å²) >= 11 is 0. The third-order valence-corrected chi connectivity index (χ3v) is 3.36. The lowest BCUT2D eigenvalue weighted by molar-refractivity contribution is -0.142. The molecule has 1 N–H and O–H groups in total. The topological polar surface area (TPSA) is 37.3 Å². The van der Waals surface area contributed by atoms with Crippen LogP contribution in [0.15, 0.2) is 0 Å². The zero-order valence-electron chi connectivity index (χ0n) is 9.47. The molecule has 0 aromatic rings. The predicted molar refractivity (Wildman–Crippen MR) is 57.6 cm³/mol. The summed E-state index contributed by atoms with van der Waals surface area (Å²) in [6, 6.07) is 0. The summed E-state index contributed by atoms with van der Waals surface area (Å²) in [7, 11) is 0. The maximum atomic E-state index is 13.9. The summed E-state index contributed by atoms with van der Waals surface area (Å²) in [5.74, 6) is -1.09. The normalized spacial score (nSPS) is 34.7. The molecule has 0 heterocycles. The molecule has 0 saturated heterocycles. The highest BCUT2D eigenvalue weighted by atomic mass is 19.1. The Hall–Kier alpha value is -0.600. The molecule has 0 aromatic carbocycles. The molecule has 0 spiro atoms. The van der Waals surface area contributed by atoms with Crippen molar-refractivity contribution in [2.24, 2.45) is 5.92 Å². The first-order valence-electron chi connectivity index (χ1n) is 5.93. The van der Waals surface area contributed by atoms with E-state index < -0.39 is 11.6 Å². The number of carboxylic acid groups (broad SMARTS) is 1. The second-order valence-electron chi connectivity index (χ2n) is 4.94. The number of hydrogen-bond acceptors (Lipinski definition) is 1. The number of rotatable bonds is 1. The van der Waals surface area contributed by atoms with E-state index in [9.17, 15) is 9.18 Å². The van der Waals surface area contributed by atoms with Gasteiger partial charge in [0.2, 0.25) is 0 Å². The van der Waals surface area contributed by atoms with Crippen LogP contribution in [0.4, 0.5) is 4.39 Å². The monoisotopic (exact) mass is 216 g/mol. The first-order valence-corrected chi connectivity index (χ1v) is 5.93. The van der Waals surface area contributed by atoms with E-state index in [2.05, 4.69) is 0 Å². The lowest BCUT2D eigenvalue weighted by Crippen LogP contribution is -2.23. The molecule has 0 radical (unpaired) electrons. The van der Waals surface area contributed by atoms with Gasteiger partial charge >= 0.3 is 5.97 Å². The molecule has 3 heteroatoms. The molecule has 2 atom stereocenters. The standard InChI is InChI=1S/C12H21FO2/c1-12(13)8-5-3-2-4-6-10(7-9-12)11(14)15/h10H,2-9H2,1H3,(H,14,15). The minimum Gasteiger partial charge on any atom is -0.481 e. The zero-order valence-corrected chi connectivity index (χ0v) is 9.47. The minimum atomic E-state index is -1.16. The Morgan fingerprint density at radius 2 is 1.87 bits per heavy atom. The quantitative estimate of drug-likeness (QED) is 0.727. The lowest BCUT2D eigenvalue weighted by atomic mass is 9.86. The van der Waals surface area contributed by atoms with Crippen LogP contribution in [0, 0.1) is 5.92 Å². The molecule has 1 aliphatic carbocycles. The van der Waals surface area contributed by atoms with Crippen LogP contribution in [0.3, 0.4) is 0 Å². The van der Waals surface area contributed by atoms with Crippen molar-refractivity contribution in [3.05, 3.63) is 0 Å². The van der Waals surface area contributed by atoms with E-state index in [1.54, 1.807) is 6.92 Å². The van der Waals surface area contributed by atoms with Gasteiger partial charge in [0.25, 0.3) is 0 Å². The van der Waals surface area contributed by atoms with Crippen LogP contribution >= 0.6 is 0 Å². The van der Waals surface area contributed by atoms with Crippen molar-refractivity contribution in [3.63, 3.8) is 0 Å². The molecule has 0 aromatic heterocycles. The Morgan fingerprint density at radius 1 is 1.20 bits per heavy atom. The molecule has 88 valence electrons. The van der Waals surface area contributed by atoms with Crippen molar-refractivity contribution in [3.8, 4) is 0 Å². The average molecular weight is 216 g/mol. The van der Waals surface area contributed by atoms with Gasteiger partial charge in [0, 0.05) is 0 Å². The van der Waals surface area contributed by atoms with Crippen molar-refractivity contribution >= 4 is 5.97 Å². The molecule has 2 nitrogen and oxygen atoms in total. The first kappa shape index (κ1) is 12.5. The fourth-order valence-corrected chi connectivity index (χ4v) is 2.23. The summed E-state index contributed by atoms with van der Waals surface area (Å²) in [4.78, 5) is 10.9. The van der Waals surface area contributed by atoms with E-state index in [-0.39, 0.29) is 5.92 Å². The van der Waals surface area contributed by atoms with Gasteiger partial charge in [-0.3, -0.25) is 4.79 Å². The van der Waals surface area contributed by atoms with Crippen molar-refractivity contribution in [2.75, 3.05) is 0 Å². The maximum Gasteiger partial charge on any atom is 0.306 e. The van der Waals surface area contributed by atoms with Crippen LogP contribution in [-0.4, -0.2) is 16.7 Å². The summed E-state index contributed by atoms with van der Waals surface area (Å²) in [6.07, 6.45) is 6.16. The van der Waals surface area contributed by atoms with E-state index in [0.717, 1.165) is 25.7 Å². The maximum absolute atomic E-state index is 13.9. The van der Waals surface area contributed by atoms with Crippen LogP contribution in [0.2, 0.25) is 0 Å². The van der Waals surface area contributed by atoms with E-state index in [1.165, 1.54) is 0 Å². The van der Waals surface area contributed by atoms with Crippen molar-refractivity contribution in [1.29, 1.82) is 0 Å². The summed E-state index contributed by atoms with van der Waals surface area (Å²) in [5.41, 5.74) is -1.16. The second-order valence-corrected chi connectivity index (χ2v) is 4.94. The molecule has 0 amide bonds. The molecular formula is C12H21FO2. The average Bonchev–Trinajstić information content (AvgIpc) is 2.14. The number of carboxylic acids is 1. The van der Waals surface area contributed by atoms with Crippen LogP contribution in [-0.2, 0) is 4.79 Å². The smallest absolute Gasteiger partial charge is 0.306 e. The van der Waals surface area contributed by atoms with Gasteiger partial charge in [0.15, 0.2) is 0 Å². The van der Waals surface area contributed by atoms with Gasteiger partial charge < -0.3 is 5.11 Å². The Bertz CT molecular complexity index is 214. The van der Waals surface area contributed by atoms with Gasteiger partial charge in [-0.1, -0.05) is 25.7 Å². The van der Waals surface area contributed by atoms with E-state index >= 15 is 0 Å². The Morgan fingerprint density at radius 3 is 2.53 bits per heavy atom. The largest absolute Gasteiger partial charge is 0.481 e. The van der Waals surface area contributed by atoms with Crippen LogP contribution in [0.5, 0.6) is 0 Å². The van der Waals surface area contributed by atoms with Crippen molar-refractivity contribution < 1.29 is 14.3 Å². The number of halogens is 1. The molecule has 0 aliphatic heterocycles. The molecule has 1 aliphatic rings. The van der Waals surface area contributed by atoms with Crippen molar-refractivity contribution in [1.82, 2.24) is 0 Å². The third kappa shape index (κ3) is 4.63. The van der Waals surface area contributed by atoms with E-state index in [0.29, 0.717) is 25.7 Å². The zero-order chi connectivity index (χ0) is 11.3. The third-order valence-electron chi connectivity index (χ3n) is 3.36. The molecule has 1 fully saturated rings. The SMILES string of the molecule is CC1(F)CCCCCCC(C(=O)O)CC1. The number of carbonyl (C=O) groups is 1. The van der Waals surface area contributed by atoms with Crippen LogP contribution in [0.25, 0.3) is 0 Å². The molecule has 2 unspecified atom stereocenters. The highest BCUT2D eigenvalue weighted by Crippen LogP contribution is 2.30. The fraction of sp³-hybridized carbons (Fsp3) is 0.917. The predicted octanol–water partition coefficient (Wildman–Crippen LogP) is 3.55. The first-order chi connectivity index (χ1) is 7.01. The minimum absolute atomic E-state index is 0.335. The lowest BCUT2D eigenvalue weighted by Gasteiger charge is -2.23. The Labute approximate surface area is 90.9 Å². The Balaban J connectivity index is 2.52.